The Hall–Kier alpha value is -3.27. The molecule has 2 aromatic carbocycles. The number of aryl methyl sites for hydroxylation is 1. The number of H-pyrrole nitrogens is 1. The van der Waals surface area contributed by atoms with Crippen molar-refractivity contribution in [2.45, 2.75) is 39.0 Å². The Morgan fingerprint density at radius 1 is 1.14 bits per heavy atom. The molecular weight excluding hydrogens is 535 g/mol. The summed E-state index contributed by atoms with van der Waals surface area (Å²) >= 11 is 14.9. The van der Waals surface area contributed by atoms with Gasteiger partial charge in [-0.25, -0.2) is 9.78 Å². The zero-order chi connectivity index (χ0) is 26.7. The smallest absolute Gasteiger partial charge is 0.349 e. The first-order valence-corrected chi connectivity index (χ1v) is 13.1. The fourth-order valence-electron chi connectivity index (χ4n) is 3.98. The van der Waals surface area contributed by atoms with E-state index in [2.05, 4.69) is 10.1 Å². The molecule has 37 heavy (non-hydrogen) atoms. The van der Waals surface area contributed by atoms with E-state index in [1.807, 2.05) is 44.2 Å². The van der Waals surface area contributed by atoms with Crippen molar-refractivity contribution in [2.75, 3.05) is 6.61 Å². The van der Waals surface area contributed by atoms with E-state index in [9.17, 15) is 14.4 Å². The van der Waals surface area contributed by atoms with Crippen molar-refractivity contribution < 1.29 is 9.53 Å². The van der Waals surface area contributed by atoms with E-state index in [1.165, 1.54) is 11.3 Å². The first kappa shape index (κ1) is 26.8. The second kappa shape index (κ2) is 11.0. The summed E-state index contributed by atoms with van der Waals surface area (Å²) in [5, 5.41) is 5.27. The number of nitrogens with zero attached hydrogens (tertiary/aromatic N) is 3. The van der Waals surface area contributed by atoms with E-state index in [0.717, 1.165) is 32.0 Å². The molecule has 2 heterocycles. The van der Waals surface area contributed by atoms with E-state index >= 15 is 0 Å². The van der Waals surface area contributed by atoms with Gasteiger partial charge in [-0.05, 0) is 39.3 Å². The number of thiazole rings is 1. The Morgan fingerprint density at radius 2 is 1.81 bits per heavy atom. The lowest BCUT2D eigenvalue weighted by molar-refractivity contribution is -0.143. The average Bonchev–Trinajstić information content (AvgIpc) is 3.28. The lowest BCUT2D eigenvalue weighted by atomic mass is 9.85. The molecule has 8 nitrogen and oxygen atoms in total. The quantitative estimate of drug-likeness (QED) is 0.299. The molecule has 4 aromatic rings. The van der Waals surface area contributed by atoms with Crippen molar-refractivity contribution in [3.63, 3.8) is 0 Å². The van der Waals surface area contributed by atoms with Gasteiger partial charge in [0.15, 0.2) is 0 Å². The van der Waals surface area contributed by atoms with Crippen LogP contribution in [-0.4, -0.2) is 32.3 Å². The zero-order valence-corrected chi connectivity index (χ0v) is 22.7. The van der Waals surface area contributed by atoms with Crippen LogP contribution in [0.5, 0.6) is 0 Å². The largest absolute Gasteiger partial charge is 0.466 e. The summed E-state index contributed by atoms with van der Waals surface area (Å²) < 4.78 is 6.12. The summed E-state index contributed by atoms with van der Waals surface area (Å²) in [6.07, 6.45) is 1.73. The molecule has 11 heteroatoms. The Labute approximate surface area is 226 Å². The van der Waals surface area contributed by atoms with E-state index in [1.54, 1.807) is 19.1 Å². The number of carbonyl (C=O) groups is 1. The number of rotatable bonds is 8. The van der Waals surface area contributed by atoms with Crippen molar-refractivity contribution in [1.82, 2.24) is 19.7 Å². The van der Waals surface area contributed by atoms with Gasteiger partial charge in [0.1, 0.15) is 11.2 Å². The Bertz CT molecular complexity index is 1540. The number of carbonyl (C=O) groups excluding carboxylic acids is 1. The second-order valence-electron chi connectivity index (χ2n) is 8.72. The molecule has 0 aliphatic rings. The highest BCUT2D eigenvalue weighted by atomic mass is 35.5. The fraction of sp³-hybridized carbons (Fsp3) is 0.269. The van der Waals surface area contributed by atoms with E-state index in [0.29, 0.717) is 34.3 Å². The third-order valence-corrected chi connectivity index (χ3v) is 7.79. The van der Waals surface area contributed by atoms with Crippen LogP contribution < -0.4 is 11.2 Å². The number of benzene rings is 2. The van der Waals surface area contributed by atoms with Crippen LogP contribution in [0, 0.1) is 0 Å². The average molecular weight is 559 g/mol. The maximum absolute atomic E-state index is 12.2. The topological polar surface area (TPSA) is 107 Å². The molecule has 0 radical (unpaired) electrons. The number of halogens is 2. The van der Waals surface area contributed by atoms with Crippen LogP contribution in [0.25, 0.3) is 16.9 Å². The molecule has 0 saturated heterocycles. The van der Waals surface area contributed by atoms with Gasteiger partial charge in [0.25, 0.3) is 5.56 Å². The predicted molar refractivity (Wildman–Crippen MR) is 145 cm³/mol. The molecule has 2 aromatic heterocycles. The molecule has 192 valence electrons. The van der Waals surface area contributed by atoms with Gasteiger partial charge in [0.05, 0.1) is 24.4 Å². The van der Waals surface area contributed by atoms with Crippen molar-refractivity contribution in [2.24, 2.45) is 0 Å². The van der Waals surface area contributed by atoms with Crippen LogP contribution in [0.15, 0.2) is 58.3 Å². The van der Waals surface area contributed by atoms with Gasteiger partial charge >= 0.3 is 11.7 Å². The molecule has 0 saturated carbocycles. The van der Waals surface area contributed by atoms with Gasteiger partial charge in [-0.3, -0.25) is 14.6 Å². The molecule has 0 atom stereocenters. The molecule has 0 aliphatic heterocycles. The molecule has 4 rings (SSSR count). The van der Waals surface area contributed by atoms with Crippen molar-refractivity contribution in [3.8, 4) is 16.9 Å². The Balaban J connectivity index is 1.77. The van der Waals surface area contributed by atoms with Crippen molar-refractivity contribution in [3.05, 3.63) is 95.0 Å². The maximum Gasteiger partial charge on any atom is 0.349 e. The standard InChI is InChI=1S/C26H24Cl2N4O4S/c1-4-36-21(34)11-10-19-23(15-8-6-5-7-9-15)31-24(37-19)26(2,3)22-17(27)12-16(13-18(22)28)32-25(35)30-20(33)14-29-32/h5-9,12-14H,4,10-11H2,1-3H3,(H,30,33,35). The summed E-state index contributed by atoms with van der Waals surface area (Å²) in [5.74, 6) is -0.261. The monoisotopic (exact) mass is 558 g/mol. The van der Waals surface area contributed by atoms with Gasteiger partial charge in [-0.1, -0.05) is 53.5 Å². The van der Waals surface area contributed by atoms with Gasteiger partial charge in [-0.2, -0.15) is 9.78 Å². The SMILES string of the molecule is CCOC(=O)CCc1sc(C(C)(C)c2c(Cl)cc(-n3ncc(=O)[nH]c3=O)cc2Cl)nc1-c1ccccc1. The van der Waals surface area contributed by atoms with Crippen molar-refractivity contribution >= 4 is 40.5 Å². The van der Waals surface area contributed by atoms with Crippen LogP contribution in [-0.2, 0) is 21.4 Å². The fourth-order valence-corrected chi connectivity index (χ4v) is 6.12. The minimum atomic E-state index is -0.716. The molecule has 0 aliphatic carbocycles. The normalized spacial score (nSPS) is 11.5. The van der Waals surface area contributed by atoms with Gasteiger partial charge in [-0.15, -0.1) is 11.3 Å². The van der Waals surface area contributed by atoms with E-state index in [-0.39, 0.29) is 12.4 Å². The lowest BCUT2D eigenvalue weighted by Gasteiger charge is -2.26. The molecule has 0 bridgehead atoms. The van der Waals surface area contributed by atoms with Gasteiger partial charge in [0, 0.05) is 31.5 Å². The third-order valence-electron chi connectivity index (χ3n) is 5.75. The van der Waals surface area contributed by atoms with Crippen LogP contribution in [0.3, 0.4) is 0 Å². The number of hydrogen-bond acceptors (Lipinski definition) is 7. The predicted octanol–water partition coefficient (Wildman–Crippen LogP) is 5.17. The highest BCUT2D eigenvalue weighted by Gasteiger charge is 2.33. The summed E-state index contributed by atoms with van der Waals surface area (Å²) in [7, 11) is 0. The highest BCUT2D eigenvalue weighted by Crippen LogP contribution is 2.44. The number of aromatic nitrogens is 4. The number of aromatic amines is 1. The number of esters is 1. The number of nitrogens with one attached hydrogen (secondary N) is 1. The molecule has 0 spiro atoms. The van der Waals surface area contributed by atoms with Gasteiger partial charge < -0.3 is 4.74 Å². The molecule has 0 unspecified atom stereocenters. The minimum Gasteiger partial charge on any atom is -0.466 e. The van der Waals surface area contributed by atoms with E-state index < -0.39 is 16.7 Å². The van der Waals surface area contributed by atoms with Crippen molar-refractivity contribution in [1.29, 1.82) is 0 Å². The maximum atomic E-state index is 12.2. The van der Waals surface area contributed by atoms with E-state index in [4.69, 9.17) is 32.9 Å². The summed E-state index contributed by atoms with van der Waals surface area (Å²) in [5.41, 5.74) is 0.657. The summed E-state index contributed by atoms with van der Waals surface area (Å²) in [6, 6.07) is 12.9. The summed E-state index contributed by atoms with van der Waals surface area (Å²) in [4.78, 5) is 43.7. The second-order valence-corrected chi connectivity index (χ2v) is 10.6. The lowest BCUT2D eigenvalue weighted by Crippen LogP contribution is -2.30. The molecule has 0 fully saturated rings. The molecular formula is C26H24Cl2N4O4S. The van der Waals surface area contributed by atoms with Crippen LogP contribution in [0.1, 0.15) is 42.6 Å². The minimum absolute atomic E-state index is 0.243. The first-order chi connectivity index (χ1) is 17.6. The number of ether oxygens (including phenoxy) is 1. The molecule has 0 amide bonds. The molecule has 1 N–H and O–H groups in total. The van der Waals surface area contributed by atoms with Gasteiger partial charge in [0.2, 0.25) is 0 Å². The van der Waals surface area contributed by atoms with Crippen LogP contribution >= 0.6 is 34.5 Å². The van der Waals surface area contributed by atoms with Crippen LogP contribution in [0.4, 0.5) is 0 Å². The third kappa shape index (κ3) is 5.69. The summed E-state index contributed by atoms with van der Waals surface area (Å²) in [6.45, 7) is 6.04. The zero-order valence-electron chi connectivity index (χ0n) is 20.4. The first-order valence-electron chi connectivity index (χ1n) is 11.5. The van der Waals surface area contributed by atoms with Crippen LogP contribution in [0.2, 0.25) is 10.0 Å². The highest BCUT2D eigenvalue weighted by molar-refractivity contribution is 7.12. The Kier molecular flexibility index (Phi) is 7.96. The Morgan fingerprint density at radius 3 is 2.43 bits per heavy atom. The number of hydrogen-bond donors (Lipinski definition) is 1.